The molecule has 23 heavy (non-hydrogen) atoms. The van der Waals surface area contributed by atoms with Gasteiger partial charge in [0.15, 0.2) is 5.11 Å². The van der Waals surface area contributed by atoms with Crippen LogP contribution in [0.2, 0.25) is 0 Å². The Morgan fingerprint density at radius 3 is 2.74 bits per heavy atom. The van der Waals surface area contributed by atoms with E-state index < -0.39 is 0 Å². The lowest BCUT2D eigenvalue weighted by Gasteiger charge is -2.25. The summed E-state index contributed by atoms with van der Waals surface area (Å²) in [5.41, 5.74) is 4.70. The summed E-state index contributed by atoms with van der Waals surface area (Å²) in [6.45, 7) is 0. The molecule has 1 heterocycles. The molecule has 1 fully saturated rings. The zero-order valence-electron chi connectivity index (χ0n) is 12.4. The SMILES string of the molecule is S=C(NN=Cc1cccc(OC2CSC2)c1)Nc1ccccc1. The highest BCUT2D eigenvalue weighted by Crippen LogP contribution is 2.24. The van der Waals surface area contributed by atoms with Crippen molar-refractivity contribution in [1.29, 1.82) is 0 Å². The molecule has 0 bridgehead atoms. The molecule has 2 aromatic carbocycles. The molecule has 1 saturated heterocycles. The van der Waals surface area contributed by atoms with E-state index in [9.17, 15) is 0 Å². The van der Waals surface area contributed by atoms with E-state index in [0.29, 0.717) is 11.2 Å². The number of hydrogen-bond donors (Lipinski definition) is 2. The molecule has 6 heteroatoms. The molecular weight excluding hydrogens is 326 g/mol. The molecule has 118 valence electrons. The maximum atomic E-state index is 5.86. The molecule has 0 aromatic heterocycles. The summed E-state index contributed by atoms with van der Waals surface area (Å²) in [6, 6.07) is 17.6. The van der Waals surface area contributed by atoms with E-state index in [1.54, 1.807) is 6.21 Å². The van der Waals surface area contributed by atoms with Crippen LogP contribution in [-0.2, 0) is 0 Å². The fraction of sp³-hybridized carbons (Fsp3) is 0.176. The van der Waals surface area contributed by atoms with Gasteiger partial charge in [0, 0.05) is 17.2 Å². The van der Waals surface area contributed by atoms with E-state index in [4.69, 9.17) is 17.0 Å². The molecule has 0 radical (unpaired) electrons. The van der Waals surface area contributed by atoms with E-state index in [1.165, 1.54) is 0 Å². The number of hydrogen-bond acceptors (Lipinski definition) is 4. The second-order valence-electron chi connectivity index (χ2n) is 5.04. The molecule has 0 aliphatic carbocycles. The fourth-order valence-electron chi connectivity index (χ4n) is 1.99. The monoisotopic (exact) mass is 343 g/mol. The van der Waals surface area contributed by atoms with Gasteiger partial charge in [-0.15, -0.1) is 0 Å². The van der Waals surface area contributed by atoms with Gasteiger partial charge in [0.25, 0.3) is 0 Å². The van der Waals surface area contributed by atoms with Gasteiger partial charge >= 0.3 is 0 Å². The summed E-state index contributed by atoms with van der Waals surface area (Å²) in [7, 11) is 0. The van der Waals surface area contributed by atoms with Crippen LogP contribution in [0, 0.1) is 0 Å². The summed E-state index contributed by atoms with van der Waals surface area (Å²) >= 11 is 7.10. The number of ether oxygens (including phenoxy) is 1. The largest absolute Gasteiger partial charge is 0.489 e. The highest BCUT2D eigenvalue weighted by atomic mass is 32.2. The predicted molar refractivity (Wildman–Crippen MR) is 102 cm³/mol. The molecular formula is C17H17N3OS2. The Labute approximate surface area is 145 Å². The third-order valence-corrected chi connectivity index (χ3v) is 4.59. The number of anilines is 1. The van der Waals surface area contributed by atoms with Gasteiger partial charge in [0.2, 0.25) is 0 Å². The highest BCUT2D eigenvalue weighted by molar-refractivity contribution is 8.00. The summed E-state index contributed by atoms with van der Waals surface area (Å²) in [5, 5.41) is 7.66. The van der Waals surface area contributed by atoms with E-state index in [1.807, 2.05) is 66.4 Å². The summed E-state index contributed by atoms with van der Waals surface area (Å²) in [4.78, 5) is 0. The normalized spacial score (nSPS) is 14.3. The number of thiocarbonyl (C=S) groups is 1. The van der Waals surface area contributed by atoms with Crippen LogP contribution in [0.25, 0.3) is 0 Å². The van der Waals surface area contributed by atoms with Gasteiger partial charge in [-0.3, -0.25) is 5.43 Å². The van der Waals surface area contributed by atoms with Crippen LogP contribution in [0.15, 0.2) is 59.7 Å². The van der Waals surface area contributed by atoms with Crippen LogP contribution in [0.1, 0.15) is 5.56 Å². The van der Waals surface area contributed by atoms with Gasteiger partial charge in [-0.25, -0.2) is 0 Å². The molecule has 0 atom stereocenters. The molecule has 2 N–H and O–H groups in total. The van der Waals surface area contributed by atoms with Crippen LogP contribution in [0.5, 0.6) is 5.75 Å². The van der Waals surface area contributed by atoms with E-state index in [2.05, 4.69) is 15.8 Å². The maximum Gasteiger partial charge on any atom is 0.191 e. The highest BCUT2D eigenvalue weighted by Gasteiger charge is 2.19. The zero-order valence-corrected chi connectivity index (χ0v) is 14.1. The topological polar surface area (TPSA) is 45.7 Å². The average Bonchev–Trinajstić information content (AvgIpc) is 2.52. The second kappa shape index (κ2) is 7.99. The Morgan fingerprint density at radius 2 is 2.00 bits per heavy atom. The van der Waals surface area contributed by atoms with Crippen LogP contribution < -0.4 is 15.5 Å². The first-order chi connectivity index (χ1) is 11.3. The Balaban J connectivity index is 1.51. The molecule has 0 unspecified atom stereocenters. The quantitative estimate of drug-likeness (QED) is 0.494. The Morgan fingerprint density at radius 1 is 1.17 bits per heavy atom. The van der Waals surface area contributed by atoms with Gasteiger partial charge in [-0.2, -0.15) is 16.9 Å². The van der Waals surface area contributed by atoms with Crippen molar-refractivity contribution < 1.29 is 4.74 Å². The Hall–Kier alpha value is -2.05. The molecule has 0 saturated carbocycles. The first-order valence-corrected chi connectivity index (χ1v) is 8.85. The number of rotatable bonds is 5. The summed E-state index contributed by atoms with van der Waals surface area (Å²) < 4.78 is 5.86. The smallest absolute Gasteiger partial charge is 0.191 e. The van der Waals surface area contributed by atoms with Crippen molar-refractivity contribution in [3.05, 3.63) is 60.2 Å². The predicted octanol–water partition coefficient (Wildman–Crippen LogP) is 3.50. The first-order valence-electron chi connectivity index (χ1n) is 7.29. The van der Waals surface area contributed by atoms with Crippen molar-refractivity contribution in [2.45, 2.75) is 6.10 Å². The average molecular weight is 343 g/mol. The van der Waals surface area contributed by atoms with Crippen molar-refractivity contribution in [3.63, 3.8) is 0 Å². The van der Waals surface area contributed by atoms with E-state index in [0.717, 1.165) is 28.5 Å². The number of thioether (sulfide) groups is 1. The number of para-hydroxylation sites is 1. The van der Waals surface area contributed by atoms with Crippen LogP contribution in [-0.4, -0.2) is 28.9 Å². The molecule has 4 nitrogen and oxygen atoms in total. The van der Waals surface area contributed by atoms with Crippen LogP contribution >= 0.6 is 24.0 Å². The lowest BCUT2D eigenvalue weighted by Crippen LogP contribution is -2.31. The van der Waals surface area contributed by atoms with Crippen molar-refractivity contribution in [2.24, 2.45) is 5.10 Å². The third kappa shape index (κ3) is 4.97. The molecule has 2 aromatic rings. The number of nitrogens with zero attached hydrogens (tertiary/aromatic N) is 1. The lowest BCUT2D eigenvalue weighted by molar-refractivity contribution is 0.240. The van der Waals surface area contributed by atoms with Gasteiger partial charge in [0.05, 0.1) is 6.21 Å². The Bertz CT molecular complexity index is 687. The number of nitrogens with one attached hydrogen (secondary N) is 2. The molecule has 0 amide bonds. The van der Waals surface area contributed by atoms with Gasteiger partial charge in [0.1, 0.15) is 11.9 Å². The van der Waals surface area contributed by atoms with Gasteiger partial charge < -0.3 is 10.1 Å². The fourth-order valence-corrected chi connectivity index (χ4v) is 2.72. The molecule has 0 spiro atoms. The molecule has 3 rings (SSSR count). The van der Waals surface area contributed by atoms with Crippen LogP contribution in [0.3, 0.4) is 0 Å². The summed E-state index contributed by atoms with van der Waals surface area (Å²) in [5.74, 6) is 3.02. The number of hydrazone groups is 1. The number of benzene rings is 2. The van der Waals surface area contributed by atoms with Crippen LogP contribution in [0.4, 0.5) is 5.69 Å². The minimum absolute atomic E-state index is 0.341. The lowest BCUT2D eigenvalue weighted by atomic mass is 10.2. The van der Waals surface area contributed by atoms with E-state index in [-0.39, 0.29) is 0 Å². The van der Waals surface area contributed by atoms with Gasteiger partial charge in [-0.05, 0) is 42.0 Å². The first kappa shape index (κ1) is 15.8. The van der Waals surface area contributed by atoms with Gasteiger partial charge in [-0.1, -0.05) is 30.3 Å². The third-order valence-electron chi connectivity index (χ3n) is 3.18. The zero-order chi connectivity index (χ0) is 15.9. The Kier molecular flexibility index (Phi) is 5.50. The van der Waals surface area contributed by atoms with Crippen molar-refractivity contribution >= 4 is 41.0 Å². The molecule has 1 aliphatic rings. The second-order valence-corrected chi connectivity index (χ2v) is 6.52. The minimum Gasteiger partial charge on any atom is -0.489 e. The standard InChI is InChI=1S/C17H17N3OS2/c22-17(19-14-6-2-1-3-7-14)20-18-10-13-5-4-8-15(9-13)21-16-11-23-12-16/h1-10,16H,11-12H2,(H2,19,20,22). The molecule has 1 aliphatic heterocycles. The maximum absolute atomic E-state index is 5.86. The van der Waals surface area contributed by atoms with E-state index >= 15 is 0 Å². The van der Waals surface area contributed by atoms with Crippen molar-refractivity contribution in [2.75, 3.05) is 16.8 Å². The van der Waals surface area contributed by atoms with Crippen molar-refractivity contribution in [3.8, 4) is 5.75 Å². The minimum atomic E-state index is 0.341. The van der Waals surface area contributed by atoms with Crippen molar-refractivity contribution in [1.82, 2.24) is 5.43 Å². The summed E-state index contributed by atoms with van der Waals surface area (Å²) in [6.07, 6.45) is 2.06.